The van der Waals surface area contributed by atoms with Crippen LogP contribution in [0.1, 0.15) is 24.8 Å². The number of fused-ring (bicyclic) bond motifs is 2. The number of piperidine rings is 1. The van der Waals surface area contributed by atoms with Crippen LogP contribution in [0.4, 0.5) is 4.79 Å². The minimum Gasteiger partial charge on any atom is -0.472 e. The molecule has 2 aromatic rings. The van der Waals surface area contributed by atoms with E-state index in [1.54, 1.807) is 17.2 Å². The second kappa shape index (κ2) is 7.96. The molecule has 1 aromatic carbocycles. The molecule has 4 atom stereocenters. The number of likely N-dealkylation sites (tertiary alicyclic amines) is 1. The molecule has 0 spiro atoms. The zero-order chi connectivity index (χ0) is 18.6. The third-order valence-corrected chi connectivity index (χ3v) is 5.48. The lowest BCUT2D eigenvalue weighted by molar-refractivity contribution is -0.0766. The number of aliphatic hydroxyl groups is 1. The molecule has 1 aromatic heterocycles. The predicted octanol–water partition coefficient (Wildman–Crippen LogP) is 3.01. The van der Waals surface area contributed by atoms with Crippen LogP contribution in [0, 0.1) is 5.92 Å². The summed E-state index contributed by atoms with van der Waals surface area (Å²) in [5, 5.41) is 10.4. The summed E-state index contributed by atoms with van der Waals surface area (Å²) in [7, 11) is 0. The van der Waals surface area contributed by atoms with E-state index in [2.05, 4.69) is 4.98 Å². The Morgan fingerprint density at radius 1 is 1.15 bits per heavy atom. The van der Waals surface area contributed by atoms with Crippen molar-refractivity contribution in [1.29, 1.82) is 0 Å². The summed E-state index contributed by atoms with van der Waals surface area (Å²) in [4.78, 5) is 18.7. The number of nitrogens with zero attached hydrogens (tertiary/aromatic N) is 2. The first-order valence-electron chi connectivity index (χ1n) is 9.44. The fraction of sp³-hybridized carbons (Fsp3) is 0.429. The lowest BCUT2D eigenvalue weighted by Gasteiger charge is -2.48. The average Bonchev–Trinajstić information content (AvgIpc) is 2.72. The monoisotopic (exact) mass is 368 g/mol. The molecule has 142 valence electrons. The molecular weight excluding hydrogens is 344 g/mol. The molecule has 1 N–H and O–H groups in total. The van der Waals surface area contributed by atoms with Crippen molar-refractivity contribution in [1.82, 2.24) is 9.88 Å². The summed E-state index contributed by atoms with van der Waals surface area (Å²) in [5.74, 6) is 0.514. The summed E-state index contributed by atoms with van der Waals surface area (Å²) >= 11 is 0. The number of carbonyl (C=O) groups excluding carboxylic acids is 1. The van der Waals surface area contributed by atoms with Gasteiger partial charge in [0, 0.05) is 24.2 Å². The van der Waals surface area contributed by atoms with E-state index in [0.29, 0.717) is 18.8 Å². The minimum atomic E-state index is -0.405. The van der Waals surface area contributed by atoms with Crippen LogP contribution in [0.15, 0.2) is 54.7 Å². The first-order chi connectivity index (χ1) is 13.2. The number of benzene rings is 1. The van der Waals surface area contributed by atoms with Gasteiger partial charge in [0.15, 0.2) is 0 Å². The maximum atomic E-state index is 12.7. The van der Waals surface area contributed by atoms with Gasteiger partial charge in [-0.25, -0.2) is 9.78 Å². The lowest BCUT2D eigenvalue weighted by Crippen LogP contribution is -2.59. The molecule has 1 aliphatic heterocycles. The Hall–Kier alpha value is -2.60. The largest absolute Gasteiger partial charge is 0.472 e. The second-order valence-corrected chi connectivity index (χ2v) is 7.21. The molecule has 1 saturated heterocycles. The van der Waals surface area contributed by atoms with Gasteiger partial charge < -0.3 is 19.5 Å². The van der Waals surface area contributed by atoms with Crippen LogP contribution in [-0.4, -0.2) is 45.9 Å². The smallest absolute Gasteiger partial charge is 0.410 e. The van der Waals surface area contributed by atoms with E-state index in [1.807, 2.05) is 42.5 Å². The molecule has 2 fully saturated rings. The molecule has 2 heterocycles. The maximum absolute atomic E-state index is 12.7. The fourth-order valence-electron chi connectivity index (χ4n) is 4.05. The van der Waals surface area contributed by atoms with Gasteiger partial charge in [0.1, 0.15) is 12.7 Å². The van der Waals surface area contributed by atoms with Crippen LogP contribution in [0.3, 0.4) is 0 Å². The number of hydrogen-bond acceptors (Lipinski definition) is 5. The number of hydrogen-bond donors (Lipinski definition) is 1. The normalized spacial score (nSPS) is 27.1. The van der Waals surface area contributed by atoms with Gasteiger partial charge in [-0.05, 0) is 30.9 Å². The number of aliphatic hydroxyl groups excluding tert-OH is 1. The molecule has 6 nitrogen and oxygen atoms in total. The highest BCUT2D eigenvalue weighted by Gasteiger charge is 2.45. The Kier molecular flexibility index (Phi) is 5.25. The predicted molar refractivity (Wildman–Crippen MR) is 99.1 cm³/mol. The van der Waals surface area contributed by atoms with Crippen molar-refractivity contribution in [2.75, 3.05) is 6.54 Å². The highest BCUT2D eigenvalue weighted by atomic mass is 16.6. The Morgan fingerprint density at radius 3 is 2.74 bits per heavy atom. The lowest BCUT2D eigenvalue weighted by atomic mass is 9.76. The van der Waals surface area contributed by atoms with E-state index >= 15 is 0 Å². The Labute approximate surface area is 158 Å². The summed E-state index contributed by atoms with van der Waals surface area (Å²) in [6, 6.07) is 15.2. The molecule has 1 saturated carbocycles. The van der Waals surface area contributed by atoms with Crippen LogP contribution in [-0.2, 0) is 11.3 Å². The van der Waals surface area contributed by atoms with E-state index in [9.17, 15) is 9.90 Å². The van der Waals surface area contributed by atoms with Crippen LogP contribution in [0.2, 0.25) is 0 Å². The van der Waals surface area contributed by atoms with Crippen LogP contribution >= 0.6 is 0 Å². The van der Waals surface area contributed by atoms with Crippen LogP contribution in [0.5, 0.6) is 5.88 Å². The van der Waals surface area contributed by atoms with Gasteiger partial charge in [0.25, 0.3) is 0 Å². The van der Waals surface area contributed by atoms with Crippen molar-refractivity contribution >= 4 is 6.09 Å². The number of aromatic nitrogens is 1. The number of rotatable bonds is 4. The average molecular weight is 368 g/mol. The third kappa shape index (κ3) is 4.06. The molecule has 4 rings (SSSR count). The Balaban J connectivity index is 1.44. The molecule has 2 bridgehead atoms. The summed E-state index contributed by atoms with van der Waals surface area (Å²) in [5.41, 5.74) is 0.959. The van der Waals surface area contributed by atoms with Crippen LogP contribution in [0.25, 0.3) is 0 Å². The van der Waals surface area contributed by atoms with Crippen molar-refractivity contribution in [2.45, 2.75) is 44.1 Å². The number of amides is 1. The van der Waals surface area contributed by atoms with E-state index in [0.717, 1.165) is 18.4 Å². The minimum absolute atomic E-state index is 0.00364. The second-order valence-electron chi connectivity index (χ2n) is 7.21. The topological polar surface area (TPSA) is 71.9 Å². The molecule has 1 aliphatic carbocycles. The quantitative estimate of drug-likeness (QED) is 0.898. The SMILES string of the molecule is O=C(OCc1ccccc1)N1C[C@H](Oc2ccccn2)[C@H]2C[C@@H]1CC[C@H]2O. The van der Waals surface area contributed by atoms with Gasteiger partial charge in [-0.1, -0.05) is 36.4 Å². The van der Waals surface area contributed by atoms with Crippen molar-refractivity contribution < 1.29 is 19.4 Å². The van der Waals surface area contributed by atoms with Crippen molar-refractivity contribution in [3.05, 3.63) is 60.3 Å². The van der Waals surface area contributed by atoms with Gasteiger partial charge in [-0.15, -0.1) is 0 Å². The van der Waals surface area contributed by atoms with Gasteiger partial charge >= 0.3 is 6.09 Å². The summed E-state index contributed by atoms with van der Waals surface area (Å²) < 4.78 is 11.6. The first kappa shape index (κ1) is 17.8. The molecule has 2 aliphatic rings. The maximum Gasteiger partial charge on any atom is 0.410 e. The van der Waals surface area contributed by atoms with E-state index in [4.69, 9.17) is 9.47 Å². The summed E-state index contributed by atoms with van der Waals surface area (Å²) in [6.07, 6.45) is 2.82. The van der Waals surface area contributed by atoms with Crippen molar-refractivity contribution in [3.8, 4) is 5.88 Å². The molecule has 0 radical (unpaired) electrons. The number of pyridine rings is 1. The zero-order valence-electron chi connectivity index (χ0n) is 15.1. The molecule has 0 unspecified atom stereocenters. The highest BCUT2D eigenvalue weighted by molar-refractivity contribution is 5.68. The molecule has 6 heteroatoms. The van der Waals surface area contributed by atoms with Gasteiger partial charge in [0.05, 0.1) is 12.6 Å². The van der Waals surface area contributed by atoms with E-state index < -0.39 is 6.10 Å². The van der Waals surface area contributed by atoms with Gasteiger partial charge in [0.2, 0.25) is 5.88 Å². The van der Waals surface area contributed by atoms with Gasteiger partial charge in [-0.3, -0.25) is 0 Å². The zero-order valence-corrected chi connectivity index (χ0v) is 15.1. The number of ether oxygens (including phenoxy) is 2. The molecule has 1 amide bonds. The third-order valence-electron chi connectivity index (χ3n) is 5.48. The Morgan fingerprint density at radius 2 is 1.96 bits per heavy atom. The fourth-order valence-corrected chi connectivity index (χ4v) is 4.05. The Bertz CT molecular complexity index is 755. The van der Waals surface area contributed by atoms with Crippen LogP contribution < -0.4 is 4.74 Å². The highest BCUT2D eigenvalue weighted by Crippen LogP contribution is 2.37. The first-order valence-corrected chi connectivity index (χ1v) is 9.44. The standard InChI is InChI=1S/C21H24N2O4/c24-18-10-9-16-12-17(18)19(27-20-8-4-5-11-22-20)13-23(16)21(25)26-14-15-6-2-1-3-7-15/h1-8,11,16-19,24H,9-10,12-14H2/t16-,17-,18+,19-/m0/s1. The van der Waals surface area contributed by atoms with Crippen molar-refractivity contribution in [2.24, 2.45) is 5.92 Å². The summed E-state index contributed by atoms with van der Waals surface area (Å²) in [6.45, 7) is 0.650. The number of carbonyl (C=O) groups is 1. The van der Waals surface area contributed by atoms with Crippen molar-refractivity contribution in [3.63, 3.8) is 0 Å². The molecular formula is C21H24N2O4. The van der Waals surface area contributed by atoms with E-state index in [-0.39, 0.29) is 30.8 Å². The molecule has 27 heavy (non-hydrogen) atoms. The van der Waals surface area contributed by atoms with E-state index in [1.165, 1.54) is 0 Å². The van der Waals surface area contributed by atoms with Gasteiger partial charge in [-0.2, -0.15) is 0 Å².